The zero-order chi connectivity index (χ0) is 18.7. The van der Waals surface area contributed by atoms with Crippen LogP contribution in [0, 0.1) is 0 Å². The molecule has 0 aliphatic rings. The number of rotatable bonds is 6. The van der Waals surface area contributed by atoms with Crippen LogP contribution in [0.3, 0.4) is 0 Å². The quantitative estimate of drug-likeness (QED) is 0.795. The summed E-state index contributed by atoms with van der Waals surface area (Å²) in [6.07, 6.45) is 0. The number of aromatic nitrogens is 2. The van der Waals surface area contributed by atoms with Gasteiger partial charge in [-0.05, 0) is 31.3 Å². The molecular weight excluding hydrogens is 369 g/mol. The number of carboxylic acid groups (broad SMARTS) is 1. The van der Waals surface area contributed by atoms with E-state index in [4.69, 9.17) is 23.2 Å². The normalized spacial score (nSPS) is 11.1. The van der Waals surface area contributed by atoms with E-state index in [0.717, 1.165) is 4.57 Å². The Morgan fingerprint density at radius 3 is 2.40 bits per heavy atom. The van der Waals surface area contributed by atoms with Gasteiger partial charge in [-0.15, -0.1) is 0 Å². The van der Waals surface area contributed by atoms with Gasteiger partial charge in [-0.2, -0.15) is 0 Å². The highest BCUT2D eigenvalue weighted by atomic mass is 35.5. The van der Waals surface area contributed by atoms with Crippen LogP contribution in [0.25, 0.3) is 5.69 Å². The van der Waals surface area contributed by atoms with Crippen molar-refractivity contribution in [3.63, 3.8) is 0 Å². The predicted octanol–water partition coefficient (Wildman–Crippen LogP) is 2.37. The summed E-state index contributed by atoms with van der Waals surface area (Å²) in [7, 11) is 0. The van der Waals surface area contributed by atoms with Crippen molar-refractivity contribution in [3.05, 3.63) is 60.3 Å². The second-order valence-corrected chi connectivity index (χ2v) is 6.13. The molecule has 2 N–H and O–H groups in total. The predicted molar refractivity (Wildman–Crippen MR) is 96.3 cm³/mol. The van der Waals surface area contributed by atoms with Crippen LogP contribution in [0.1, 0.15) is 29.9 Å². The van der Waals surface area contributed by atoms with E-state index in [1.54, 1.807) is 0 Å². The molecule has 0 bridgehead atoms. The van der Waals surface area contributed by atoms with Crippen LogP contribution in [0.15, 0.2) is 27.8 Å². The molecule has 2 aromatic rings. The van der Waals surface area contributed by atoms with Crippen molar-refractivity contribution in [3.8, 4) is 5.69 Å². The number of carbonyl (C=O) groups is 1. The smallest absolute Gasteiger partial charge is 0.352 e. The van der Waals surface area contributed by atoms with Crippen LogP contribution in [0.4, 0.5) is 0 Å². The fraction of sp³-hybridized carbons (Fsp3) is 0.312. The molecule has 2 rings (SSSR count). The Hall–Kier alpha value is -2.09. The van der Waals surface area contributed by atoms with Gasteiger partial charge in [-0.1, -0.05) is 37.0 Å². The van der Waals surface area contributed by atoms with Gasteiger partial charge in [0.25, 0.3) is 5.56 Å². The molecule has 0 saturated heterocycles. The number of H-pyrrole nitrogens is 1. The lowest BCUT2D eigenvalue weighted by Crippen LogP contribution is -2.40. The topological polar surface area (TPSA) is 95.4 Å². The first-order chi connectivity index (χ1) is 11.8. The molecule has 134 valence electrons. The van der Waals surface area contributed by atoms with E-state index in [-0.39, 0.29) is 22.8 Å². The average molecular weight is 386 g/mol. The fourth-order valence-electron chi connectivity index (χ4n) is 2.45. The lowest BCUT2D eigenvalue weighted by atomic mass is 10.2. The highest BCUT2D eigenvalue weighted by Crippen LogP contribution is 2.22. The molecule has 25 heavy (non-hydrogen) atoms. The number of carboxylic acids is 1. The maximum Gasteiger partial charge on any atom is 0.352 e. The third kappa shape index (κ3) is 3.95. The Kier molecular flexibility index (Phi) is 6.05. The molecule has 0 amide bonds. The summed E-state index contributed by atoms with van der Waals surface area (Å²) in [5, 5.41) is 9.80. The molecule has 7 nitrogen and oxygen atoms in total. The molecule has 0 aliphatic heterocycles. The lowest BCUT2D eigenvalue weighted by Gasteiger charge is -2.19. The molecular formula is C16H17Cl2N3O4. The van der Waals surface area contributed by atoms with Crippen molar-refractivity contribution in [1.29, 1.82) is 0 Å². The Labute approximate surface area is 153 Å². The average Bonchev–Trinajstić information content (AvgIpc) is 2.55. The molecule has 0 radical (unpaired) electrons. The second-order valence-electron chi connectivity index (χ2n) is 5.29. The molecule has 1 aromatic carbocycles. The Bertz CT molecular complexity index is 917. The number of nitrogens with zero attached hydrogens (tertiary/aromatic N) is 2. The highest BCUT2D eigenvalue weighted by Gasteiger charge is 2.22. The van der Waals surface area contributed by atoms with Crippen molar-refractivity contribution < 1.29 is 9.90 Å². The van der Waals surface area contributed by atoms with Gasteiger partial charge in [0.1, 0.15) is 5.69 Å². The maximum absolute atomic E-state index is 12.9. The summed E-state index contributed by atoms with van der Waals surface area (Å²) < 4.78 is 0.823. The SMILES string of the molecule is CCN(CC)Cc1c(C(=O)O)[nH]c(=O)n(-c2ccc(Cl)cc2Cl)c1=O. The highest BCUT2D eigenvalue weighted by molar-refractivity contribution is 6.35. The van der Waals surface area contributed by atoms with Crippen molar-refractivity contribution >= 4 is 29.2 Å². The summed E-state index contributed by atoms with van der Waals surface area (Å²) in [4.78, 5) is 40.8. The molecule has 1 heterocycles. The van der Waals surface area contributed by atoms with Crippen LogP contribution in [-0.2, 0) is 6.54 Å². The largest absolute Gasteiger partial charge is 0.477 e. The van der Waals surface area contributed by atoms with E-state index in [2.05, 4.69) is 4.98 Å². The Morgan fingerprint density at radius 2 is 1.88 bits per heavy atom. The Balaban J connectivity index is 2.76. The summed E-state index contributed by atoms with van der Waals surface area (Å²) in [5.74, 6) is -1.37. The molecule has 0 unspecified atom stereocenters. The number of aromatic carboxylic acids is 1. The van der Waals surface area contributed by atoms with Gasteiger partial charge in [0, 0.05) is 11.6 Å². The van der Waals surface area contributed by atoms with E-state index in [9.17, 15) is 19.5 Å². The van der Waals surface area contributed by atoms with E-state index in [1.165, 1.54) is 18.2 Å². The van der Waals surface area contributed by atoms with Crippen LogP contribution < -0.4 is 11.2 Å². The zero-order valence-electron chi connectivity index (χ0n) is 13.7. The van der Waals surface area contributed by atoms with Crippen molar-refractivity contribution in [1.82, 2.24) is 14.5 Å². The molecule has 9 heteroatoms. The number of halogens is 2. The number of aromatic amines is 1. The van der Waals surface area contributed by atoms with Crippen LogP contribution >= 0.6 is 23.2 Å². The van der Waals surface area contributed by atoms with E-state index in [1.807, 2.05) is 18.7 Å². The summed E-state index contributed by atoms with van der Waals surface area (Å²) in [6.45, 7) is 5.12. The first-order valence-electron chi connectivity index (χ1n) is 7.59. The summed E-state index contributed by atoms with van der Waals surface area (Å²) in [6, 6.07) is 4.33. The van der Waals surface area contributed by atoms with E-state index in [0.29, 0.717) is 18.1 Å². The molecule has 0 atom stereocenters. The fourth-order valence-corrected chi connectivity index (χ4v) is 2.95. The standard InChI is InChI=1S/C16H17Cl2N3O4/c1-3-20(4-2)8-10-13(15(23)24)19-16(25)21(14(10)22)12-6-5-9(17)7-11(12)18/h5-7H,3-4,8H2,1-2H3,(H,19,25)(H,23,24). The van der Waals surface area contributed by atoms with Crippen LogP contribution in [0.5, 0.6) is 0 Å². The summed E-state index contributed by atoms with van der Waals surface area (Å²) >= 11 is 11.9. The van der Waals surface area contributed by atoms with E-state index < -0.39 is 22.9 Å². The molecule has 0 fully saturated rings. The number of hydrogen-bond donors (Lipinski definition) is 2. The van der Waals surface area contributed by atoms with Gasteiger partial charge >= 0.3 is 11.7 Å². The first kappa shape index (κ1) is 19.2. The van der Waals surface area contributed by atoms with Gasteiger partial charge in [-0.25, -0.2) is 14.2 Å². The van der Waals surface area contributed by atoms with E-state index >= 15 is 0 Å². The first-order valence-corrected chi connectivity index (χ1v) is 8.35. The number of nitrogens with one attached hydrogen (secondary N) is 1. The molecule has 0 saturated carbocycles. The van der Waals surface area contributed by atoms with Gasteiger partial charge in [-0.3, -0.25) is 9.69 Å². The third-order valence-electron chi connectivity index (χ3n) is 3.84. The Morgan fingerprint density at radius 1 is 1.24 bits per heavy atom. The van der Waals surface area contributed by atoms with Crippen molar-refractivity contribution in [2.75, 3.05) is 13.1 Å². The van der Waals surface area contributed by atoms with Gasteiger partial charge in [0.2, 0.25) is 0 Å². The van der Waals surface area contributed by atoms with Crippen LogP contribution in [-0.4, -0.2) is 38.6 Å². The number of benzene rings is 1. The minimum Gasteiger partial charge on any atom is -0.477 e. The maximum atomic E-state index is 12.9. The van der Waals surface area contributed by atoms with Crippen LogP contribution in [0.2, 0.25) is 10.0 Å². The minimum atomic E-state index is -1.37. The zero-order valence-corrected chi connectivity index (χ0v) is 15.2. The molecule has 0 aliphatic carbocycles. The third-order valence-corrected chi connectivity index (χ3v) is 4.38. The minimum absolute atomic E-state index is 0.0122. The van der Waals surface area contributed by atoms with Crippen molar-refractivity contribution in [2.45, 2.75) is 20.4 Å². The monoisotopic (exact) mass is 385 g/mol. The lowest BCUT2D eigenvalue weighted by molar-refractivity contribution is 0.0686. The second kappa shape index (κ2) is 7.86. The summed E-state index contributed by atoms with van der Waals surface area (Å²) in [5.41, 5.74) is -1.90. The molecule has 1 aromatic heterocycles. The van der Waals surface area contributed by atoms with Gasteiger partial charge in [0.05, 0.1) is 16.3 Å². The van der Waals surface area contributed by atoms with Crippen molar-refractivity contribution in [2.24, 2.45) is 0 Å². The van der Waals surface area contributed by atoms with Gasteiger partial charge < -0.3 is 10.1 Å². The van der Waals surface area contributed by atoms with Gasteiger partial charge in [0.15, 0.2) is 0 Å². The molecule has 0 spiro atoms. The number of hydrogen-bond acceptors (Lipinski definition) is 4.